The second kappa shape index (κ2) is 11.4. The van der Waals surface area contributed by atoms with Crippen LogP contribution in [-0.4, -0.2) is 38.2 Å². The minimum Gasteiger partial charge on any atom is -0.420 e. The van der Waals surface area contributed by atoms with Gasteiger partial charge in [-0.15, -0.1) is 43.9 Å². The number of halogens is 2. The van der Waals surface area contributed by atoms with Crippen molar-refractivity contribution in [2.24, 2.45) is 0 Å². The number of benzene rings is 2. The average molecular weight is 589 g/mol. The number of hydrogen-bond acceptors (Lipinski definition) is 11. The van der Waals surface area contributed by atoms with Crippen LogP contribution < -0.4 is 10.6 Å². The molecule has 0 aliphatic carbocycles. The Balaban J connectivity index is 1.33. The van der Waals surface area contributed by atoms with Crippen LogP contribution in [0.15, 0.2) is 67.2 Å². The van der Waals surface area contributed by atoms with Crippen LogP contribution in [0.2, 0.25) is 10.0 Å². The molecule has 0 spiro atoms. The molecule has 38 heavy (non-hydrogen) atoms. The number of barbiturate groups is 1. The predicted octanol–water partition coefficient (Wildman–Crippen LogP) is 4.84. The number of nitrogens with one attached hydrogen (secondary N) is 2. The third-order valence-corrected chi connectivity index (χ3v) is 7.81. The van der Waals surface area contributed by atoms with Crippen LogP contribution in [0.5, 0.6) is 0 Å². The van der Waals surface area contributed by atoms with Crippen molar-refractivity contribution in [3.8, 4) is 22.9 Å². The van der Waals surface area contributed by atoms with Gasteiger partial charge in [0, 0.05) is 21.2 Å². The van der Waals surface area contributed by atoms with Crippen LogP contribution in [0.4, 0.5) is 4.79 Å². The summed E-state index contributed by atoms with van der Waals surface area (Å²) in [4.78, 5) is 36.6. The normalized spacial score (nSPS) is 13.4. The molecule has 1 aliphatic heterocycles. The number of urea groups is 1. The molecule has 0 atom stereocenters. The van der Waals surface area contributed by atoms with E-state index in [0.717, 1.165) is 23.5 Å². The molecule has 2 aromatic heterocycles. The molecule has 2 N–H and O–H groups in total. The Bertz CT molecular complexity index is 1440. The zero-order chi connectivity index (χ0) is 26.6. The van der Waals surface area contributed by atoms with Crippen LogP contribution in [0.3, 0.4) is 0 Å². The molecule has 0 bridgehead atoms. The highest BCUT2D eigenvalue weighted by atomic mass is 35.5. The first-order valence-electron chi connectivity index (χ1n) is 10.7. The third kappa shape index (κ3) is 6.07. The predicted molar refractivity (Wildman–Crippen MR) is 141 cm³/mol. The Labute approximate surface area is 232 Å². The lowest BCUT2D eigenvalue weighted by atomic mass is 10.2. The van der Waals surface area contributed by atoms with Gasteiger partial charge < -0.3 is 8.83 Å². The van der Waals surface area contributed by atoms with Gasteiger partial charge in [-0.3, -0.25) is 20.2 Å². The molecule has 5 rings (SSSR count). The van der Waals surface area contributed by atoms with Crippen molar-refractivity contribution in [1.29, 1.82) is 0 Å². The molecule has 1 fully saturated rings. The lowest BCUT2D eigenvalue weighted by molar-refractivity contribution is -0.124. The first-order valence-corrected chi connectivity index (χ1v) is 13.4. The zero-order valence-electron chi connectivity index (χ0n) is 18.9. The maximum absolute atomic E-state index is 12.5. The molecule has 4 aromatic rings. The van der Waals surface area contributed by atoms with E-state index in [-0.39, 0.29) is 28.9 Å². The third-order valence-electron chi connectivity index (χ3n) is 4.88. The van der Waals surface area contributed by atoms with Crippen molar-refractivity contribution in [3.05, 3.63) is 80.2 Å². The van der Waals surface area contributed by atoms with Gasteiger partial charge in [0.1, 0.15) is 5.57 Å². The van der Waals surface area contributed by atoms with Gasteiger partial charge in [0.05, 0.1) is 15.7 Å². The van der Waals surface area contributed by atoms with Crippen molar-refractivity contribution in [3.63, 3.8) is 0 Å². The molecular formula is C23H14Cl2N6O5S2. The number of carbonyl (C=O) groups excluding carboxylic acids is 3. The van der Waals surface area contributed by atoms with Gasteiger partial charge in [0.2, 0.25) is 23.6 Å². The van der Waals surface area contributed by atoms with Gasteiger partial charge in [-0.2, -0.15) is 0 Å². The lowest BCUT2D eigenvalue weighted by Crippen LogP contribution is -2.51. The summed E-state index contributed by atoms with van der Waals surface area (Å²) in [6, 6.07) is 12.9. The van der Waals surface area contributed by atoms with Gasteiger partial charge in [0.15, 0.2) is 0 Å². The molecule has 3 heterocycles. The molecule has 4 amide bonds. The summed E-state index contributed by atoms with van der Waals surface area (Å²) in [7, 11) is 0. The van der Waals surface area contributed by atoms with Crippen LogP contribution in [0.25, 0.3) is 22.9 Å². The van der Waals surface area contributed by atoms with Crippen molar-refractivity contribution >= 4 is 64.6 Å². The van der Waals surface area contributed by atoms with Crippen LogP contribution >= 0.6 is 46.7 Å². The summed E-state index contributed by atoms with van der Waals surface area (Å²) in [5.74, 6) is -0.274. The van der Waals surface area contributed by atoms with Gasteiger partial charge in [-0.25, -0.2) is 4.79 Å². The van der Waals surface area contributed by atoms with E-state index < -0.39 is 17.8 Å². The van der Waals surface area contributed by atoms with E-state index in [1.807, 2.05) is 0 Å². The van der Waals surface area contributed by atoms with Gasteiger partial charge in [0.25, 0.3) is 11.8 Å². The Morgan fingerprint density at radius 2 is 1.11 bits per heavy atom. The number of hydrogen-bond donors (Lipinski definition) is 2. The second-order valence-electron chi connectivity index (χ2n) is 7.49. The first-order chi connectivity index (χ1) is 18.4. The number of carbonyl (C=O) groups is 3. The minimum atomic E-state index is -0.896. The standard InChI is InChI=1S/C23H14Cl2N6O5S2/c24-13-5-1-11(2-6-13)20-30-28-15(35-20)9-37-22(17-18(32)26-23(34)27-19(17)33)38-10-16-29-31-21(36-16)12-3-7-14(25)8-4-12/h1-8H,9-10H2,(H2,26,27,32,33,34). The van der Waals surface area contributed by atoms with Crippen molar-refractivity contribution in [1.82, 2.24) is 31.0 Å². The molecule has 1 aliphatic rings. The Hall–Kier alpha value is -3.65. The largest absolute Gasteiger partial charge is 0.420 e. The number of rotatable bonds is 8. The quantitative estimate of drug-likeness (QED) is 0.214. The first kappa shape index (κ1) is 26.0. The van der Waals surface area contributed by atoms with Crippen molar-refractivity contribution in [2.45, 2.75) is 11.5 Å². The van der Waals surface area contributed by atoms with Gasteiger partial charge in [-0.1, -0.05) is 23.2 Å². The number of amides is 4. The molecule has 0 unspecified atom stereocenters. The van der Waals surface area contributed by atoms with Gasteiger partial charge in [-0.05, 0) is 48.5 Å². The molecule has 192 valence electrons. The lowest BCUT2D eigenvalue weighted by Gasteiger charge is -2.17. The summed E-state index contributed by atoms with van der Waals surface area (Å²) in [5, 5.41) is 21.4. The zero-order valence-corrected chi connectivity index (χ0v) is 22.1. The molecule has 0 saturated carbocycles. The topological polar surface area (TPSA) is 153 Å². The summed E-state index contributed by atoms with van der Waals surface area (Å²) in [6.45, 7) is 0. The number of aromatic nitrogens is 4. The Kier molecular flexibility index (Phi) is 7.79. The molecule has 0 radical (unpaired) electrons. The van der Waals surface area contributed by atoms with E-state index in [4.69, 9.17) is 32.0 Å². The number of nitrogens with zero attached hydrogens (tertiary/aromatic N) is 4. The van der Waals surface area contributed by atoms with E-state index in [1.165, 1.54) is 0 Å². The fourth-order valence-corrected chi connectivity index (χ4v) is 5.47. The van der Waals surface area contributed by atoms with Crippen LogP contribution in [0, 0.1) is 0 Å². The summed E-state index contributed by atoms with van der Waals surface area (Å²) < 4.78 is 11.7. The van der Waals surface area contributed by atoms with Crippen LogP contribution in [0.1, 0.15) is 11.8 Å². The number of imide groups is 2. The Morgan fingerprint density at radius 1 is 0.684 bits per heavy atom. The Morgan fingerprint density at radius 3 is 1.53 bits per heavy atom. The van der Waals surface area contributed by atoms with E-state index in [1.54, 1.807) is 48.5 Å². The highest BCUT2D eigenvalue weighted by molar-refractivity contribution is 8.21. The maximum Gasteiger partial charge on any atom is 0.328 e. The highest BCUT2D eigenvalue weighted by Gasteiger charge is 2.32. The van der Waals surface area contributed by atoms with Crippen molar-refractivity contribution < 1.29 is 23.2 Å². The number of thioether (sulfide) groups is 2. The van der Waals surface area contributed by atoms with E-state index in [0.29, 0.717) is 37.2 Å². The van der Waals surface area contributed by atoms with E-state index >= 15 is 0 Å². The summed E-state index contributed by atoms with van der Waals surface area (Å²) in [5.41, 5.74) is 1.14. The van der Waals surface area contributed by atoms with E-state index in [2.05, 4.69) is 31.0 Å². The fourth-order valence-electron chi connectivity index (χ4n) is 3.13. The minimum absolute atomic E-state index is 0.140. The average Bonchev–Trinajstić information content (AvgIpc) is 3.56. The highest BCUT2D eigenvalue weighted by Crippen LogP contribution is 2.37. The van der Waals surface area contributed by atoms with Gasteiger partial charge >= 0.3 is 6.03 Å². The maximum atomic E-state index is 12.5. The second-order valence-corrected chi connectivity index (χ2v) is 10.6. The SMILES string of the molecule is O=C1NC(=O)C(=C(SCc2nnc(-c3ccc(Cl)cc3)o2)SCc2nnc(-c3ccc(Cl)cc3)o2)C(=O)N1. The molecular weight excluding hydrogens is 575 g/mol. The molecule has 2 aromatic carbocycles. The molecule has 15 heteroatoms. The summed E-state index contributed by atoms with van der Waals surface area (Å²) >= 11 is 14.1. The monoisotopic (exact) mass is 588 g/mol. The molecule has 11 nitrogen and oxygen atoms in total. The fraction of sp³-hybridized carbons (Fsp3) is 0.0870. The van der Waals surface area contributed by atoms with E-state index in [9.17, 15) is 14.4 Å². The van der Waals surface area contributed by atoms with Crippen LogP contribution in [-0.2, 0) is 21.1 Å². The molecule has 1 saturated heterocycles. The smallest absolute Gasteiger partial charge is 0.328 e. The van der Waals surface area contributed by atoms with Crippen molar-refractivity contribution in [2.75, 3.05) is 0 Å². The summed E-state index contributed by atoms with van der Waals surface area (Å²) in [6.07, 6.45) is 0.